The largest absolute Gasteiger partial charge is 0.480 e. The number of carbonyl (C=O) groups excluding carboxylic acids is 1. The second kappa shape index (κ2) is 6.86. The maximum absolute atomic E-state index is 12.6. The molecule has 1 atom stereocenters. The number of carboxylic acids is 1. The van der Waals surface area contributed by atoms with Crippen molar-refractivity contribution in [1.82, 2.24) is 9.88 Å². The third-order valence-electron chi connectivity index (χ3n) is 4.34. The molecule has 0 bridgehead atoms. The second-order valence-electron chi connectivity index (χ2n) is 6.00. The lowest BCUT2D eigenvalue weighted by atomic mass is 10.0. The molecule has 1 aromatic heterocycles. The van der Waals surface area contributed by atoms with Crippen molar-refractivity contribution < 1.29 is 19.1 Å². The van der Waals surface area contributed by atoms with Gasteiger partial charge in [-0.2, -0.15) is 0 Å². The smallest absolute Gasteiger partial charge is 0.326 e. The van der Waals surface area contributed by atoms with E-state index in [-0.39, 0.29) is 12.3 Å². The third kappa shape index (κ3) is 3.32. The fraction of sp³-hybridized carbons (Fsp3) is 0.389. The molecule has 3 rings (SSSR count). The molecular weight excluding hydrogens is 308 g/mol. The number of oxazole rings is 1. The summed E-state index contributed by atoms with van der Waals surface area (Å²) in [4.78, 5) is 29.8. The van der Waals surface area contributed by atoms with Gasteiger partial charge in [-0.05, 0) is 38.3 Å². The zero-order valence-corrected chi connectivity index (χ0v) is 13.6. The molecule has 1 aliphatic heterocycles. The molecule has 1 saturated heterocycles. The molecular formula is C18H20N2O4. The lowest BCUT2D eigenvalue weighted by Gasteiger charge is -2.32. The number of likely N-dealkylation sites (tertiary alicyclic amines) is 1. The number of amides is 1. The summed E-state index contributed by atoms with van der Waals surface area (Å²) in [6, 6.07) is 8.75. The highest BCUT2D eigenvalue weighted by atomic mass is 16.4. The Hall–Kier alpha value is -2.63. The Bertz CT molecular complexity index is 739. The molecule has 2 aromatic rings. The number of nitrogens with zero attached hydrogens (tertiary/aromatic N) is 2. The van der Waals surface area contributed by atoms with Crippen LogP contribution >= 0.6 is 0 Å². The quantitative estimate of drug-likeness (QED) is 0.933. The van der Waals surface area contributed by atoms with Gasteiger partial charge in [-0.15, -0.1) is 0 Å². The van der Waals surface area contributed by atoms with E-state index in [0.717, 1.165) is 18.4 Å². The Labute approximate surface area is 140 Å². The highest BCUT2D eigenvalue weighted by Gasteiger charge is 2.32. The first kappa shape index (κ1) is 16.2. The monoisotopic (exact) mass is 328 g/mol. The van der Waals surface area contributed by atoms with Gasteiger partial charge in [0.1, 0.15) is 11.8 Å². The number of rotatable bonds is 4. The Morgan fingerprint density at radius 1 is 1.29 bits per heavy atom. The summed E-state index contributed by atoms with van der Waals surface area (Å²) >= 11 is 0. The van der Waals surface area contributed by atoms with Crippen LogP contribution in [-0.2, 0) is 16.0 Å². The van der Waals surface area contributed by atoms with Crippen molar-refractivity contribution in [2.45, 2.75) is 38.6 Å². The van der Waals surface area contributed by atoms with E-state index >= 15 is 0 Å². The van der Waals surface area contributed by atoms with Crippen molar-refractivity contribution >= 4 is 11.9 Å². The van der Waals surface area contributed by atoms with E-state index in [9.17, 15) is 14.7 Å². The molecule has 6 heteroatoms. The summed E-state index contributed by atoms with van der Waals surface area (Å²) < 4.78 is 5.67. The number of aromatic nitrogens is 1. The molecule has 1 aliphatic rings. The predicted octanol–water partition coefficient (Wildman–Crippen LogP) is 2.66. The van der Waals surface area contributed by atoms with Crippen LogP contribution in [0.25, 0.3) is 11.5 Å². The molecule has 0 radical (unpaired) electrons. The van der Waals surface area contributed by atoms with E-state index in [0.29, 0.717) is 30.3 Å². The summed E-state index contributed by atoms with van der Waals surface area (Å²) in [5, 5.41) is 9.30. The van der Waals surface area contributed by atoms with E-state index in [1.807, 2.05) is 30.3 Å². The van der Waals surface area contributed by atoms with Gasteiger partial charge < -0.3 is 14.4 Å². The van der Waals surface area contributed by atoms with Crippen molar-refractivity contribution in [3.8, 4) is 11.5 Å². The standard InChI is InChI=1S/C18H20N2O4/c1-12-14(19-17(24-12)13-7-3-2-4-8-13)11-16(21)20-10-6-5-9-15(20)18(22)23/h2-4,7-8,15H,5-6,9-11H2,1H3,(H,22,23). The number of carbonyl (C=O) groups is 2. The van der Waals surface area contributed by atoms with Gasteiger partial charge in [0.25, 0.3) is 0 Å². The topological polar surface area (TPSA) is 83.6 Å². The number of hydrogen-bond donors (Lipinski definition) is 1. The average Bonchev–Trinajstić information content (AvgIpc) is 2.96. The van der Waals surface area contributed by atoms with Crippen LogP contribution in [0.1, 0.15) is 30.7 Å². The minimum absolute atomic E-state index is 0.0615. The molecule has 1 N–H and O–H groups in total. The van der Waals surface area contributed by atoms with Crippen LogP contribution in [0.3, 0.4) is 0 Å². The SMILES string of the molecule is Cc1oc(-c2ccccc2)nc1CC(=O)N1CCCCC1C(=O)O. The fourth-order valence-electron chi connectivity index (χ4n) is 3.03. The molecule has 1 aromatic carbocycles. The average molecular weight is 328 g/mol. The van der Waals surface area contributed by atoms with E-state index < -0.39 is 12.0 Å². The van der Waals surface area contributed by atoms with Gasteiger partial charge in [0.2, 0.25) is 11.8 Å². The van der Waals surface area contributed by atoms with Crippen LogP contribution in [-0.4, -0.2) is 39.5 Å². The van der Waals surface area contributed by atoms with Crippen LogP contribution in [0, 0.1) is 6.92 Å². The first-order chi connectivity index (χ1) is 11.6. The summed E-state index contributed by atoms with van der Waals surface area (Å²) in [5.74, 6) is -0.0848. The highest BCUT2D eigenvalue weighted by Crippen LogP contribution is 2.23. The van der Waals surface area contributed by atoms with E-state index in [1.165, 1.54) is 4.90 Å². The zero-order chi connectivity index (χ0) is 17.1. The minimum atomic E-state index is -0.940. The Kier molecular flexibility index (Phi) is 4.64. The summed E-state index contributed by atoms with van der Waals surface area (Å²) in [6.45, 7) is 2.26. The van der Waals surface area contributed by atoms with Gasteiger partial charge in [0, 0.05) is 12.1 Å². The fourth-order valence-corrected chi connectivity index (χ4v) is 3.03. The molecule has 6 nitrogen and oxygen atoms in total. The van der Waals surface area contributed by atoms with E-state index in [2.05, 4.69) is 4.98 Å². The zero-order valence-electron chi connectivity index (χ0n) is 13.6. The van der Waals surface area contributed by atoms with Crippen LogP contribution in [0.5, 0.6) is 0 Å². The van der Waals surface area contributed by atoms with Crippen molar-refractivity contribution in [1.29, 1.82) is 0 Å². The number of aliphatic carboxylic acids is 1. The Morgan fingerprint density at radius 3 is 2.75 bits per heavy atom. The lowest BCUT2D eigenvalue weighted by Crippen LogP contribution is -2.48. The lowest BCUT2D eigenvalue weighted by molar-refractivity contribution is -0.151. The molecule has 1 unspecified atom stereocenters. The first-order valence-electron chi connectivity index (χ1n) is 8.10. The molecule has 24 heavy (non-hydrogen) atoms. The maximum atomic E-state index is 12.6. The molecule has 126 valence electrons. The maximum Gasteiger partial charge on any atom is 0.326 e. The normalized spacial score (nSPS) is 17.7. The molecule has 0 saturated carbocycles. The molecule has 0 aliphatic carbocycles. The van der Waals surface area contributed by atoms with Gasteiger partial charge in [0.05, 0.1) is 12.1 Å². The first-order valence-corrected chi connectivity index (χ1v) is 8.10. The Morgan fingerprint density at radius 2 is 2.04 bits per heavy atom. The van der Waals surface area contributed by atoms with Gasteiger partial charge in [-0.1, -0.05) is 18.2 Å². The van der Waals surface area contributed by atoms with Crippen molar-refractivity contribution in [2.24, 2.45) is 0 Å². The third-order valence-corrected chi connectivity index (χ3v) is 4.34. The predicted molar refractivity (Wildman–Crippen MR) is 87.4 cm³/mol. The van der Waals surface area contributed by atoms with Gasteiger partial charge in [-0.3, -0.25) is 4.79 Å². The number of piperidine rings is 1. The number of hydrogen-bond acceptors (Lipinski definition) is 4. The highest BCUT2D eigenvalue weighted by molar-refractivity contribution is 5.85. The number of carboxylic acid groups (broad SMARTS) is 1. The van der Waals surface area contributed by atoms with Gasteiger partial charge in [0.15, 0.2) is 0 Å². The molecule has 0 spiro atoms. The van der Waals surface area contributed by atoms with Crippen LogP contribution < -0.4 is 0 Å². The van der Waals surface area contributed by atoms with Crippen molar-refractivity contribution in [2.75, 3.05) is 6.54 Å². The molecule has 1 fully saturated rings. The van der Waals surface area contributed by atoms with Gasteiger partial charge in [-0.25, -0.2) is 9.78 Å². The Balaban J connectivity index is 1.77. The van der Waals surface area contributed by atoms with Crippen LogP contribution in [0.15, 0.2) is 34.7 Å². The van der Waals surface area contributed by atoms with E-state index in [4.69, 9.17) is 4.42 Å². The summed E-state index contributed by atoms with van der Waals surface area (Å²) in [5.41, 5.74) is 1.41. The molecule has 1 amide bonds. The van der Waals surface area contributed by atoms with Crippen molar-refractivity contribution in [3.63, 3.8) is 0 Å². The van der Waals surface area contributed by atoms with Crippen molar-refractivity contribution in [3.05, 3.63) is 41.8 Å². The van der Waals surface area contributed by atoms with Crippen LogP contribution in [0.2, 0.25) is 0 Å². The number of aryl methyl sites for hydroxylation is 1. The number of benzene rings is 1. The molecule has 2 heterocycles. The van der Waals surface area contributed by atoms with Gasteiger partial charge >= 0.3 is 5.97 Å². The summed E-state index contributed by atoms with van der Waals surface area (Å²) in [7, 11) is 0. The summed E-state index contributed by atoms with van der Waals surface area (Å²) in [6.07, 6.45) is 2.24. The minimum Gasteiger partial charge on any atom is -0.480 e. The van der Waals surface area contributed by atoms with Crippen LogP contribution in [0.4, 0.5) is 0 Å². The van der Waals surface area contributed by atoms with E-state index in [1.54, 1.807) is 6.92 Å². The second-order valence-corrected chi connectivity index (χ2v) is 6.00.